The number of hydrogen-bond donors (Lipinski definition) is 2. The van der Waals surface area contributed by atoms with E-state index < -0.39 is 24.0 Å². The van der Waals surface area contributed by atoms with Crippen molar-refractivity contribution in [1.82, 2.24) is 10.6 Å². The average Bonchev–Trinajstić information content (AvgIpc) is 3.40. The van der Waals surface area contributed by atoms with Gasteiger partial charge in [-0.2, -0.15) is 0 Å². The van der Waals surface area contributed by atoms with Gasteiger partial charge >= 0.3 is 12.0 Å². The van der Waals surface area contributed by atoms with Crippen molar-refractivity contribution < 1.29 is 28.6 Å². The van der Waals surface area contributed by atoms with Gasteiger partial charge in [-0.1, -0.05) is 12.8 Å². The summed E-state index contributed by atoms with van der Waals surface area (Å²) in [7, 11) is 0. The van der Waals surface area contributed by atoms with Gasteiger partial charge in [0.25, 0.3) is 5.91 Å². The number of ether oxygens (including phenoxy) is 3. The molecule has 2 aliphatic rings. The van der Waals surface area contributed by atoms with Crippen LogP contribution < -0.4 is 15.4 Å². The van der Waals surface area contributed by atoms with Crippen molar-refractivity contribution >= 4 is 17.9 Å². The van der Waals surface area contributed by atoms with Crippen LogP contribution >= 0.6 is 0 Å². The van der Waals surface area contributed by atoms with Crippen LogP contribution in [0.4, 0.5) is 4.79 Å². The Morgan fingerprint density at radius 2 is 1.83 bits per heavy atom. The normalized spacial score (nSPS) is 20.1. The van der Waals surface area contributed by atoms with Gasteiger partial charge in [0.15, 0.2) is 6.10 Å². The molecule has 158 valence electrons. The number of imide groups is 1. The summed E-state index contributed by atoms with van der Waals surface area (Å²) in [5, 5.41) is 4.97. The molecule has 0 aromatic heterocycles. The Hall–Kier alpha value is -2.61. The zero-order valence-corrected chi connectivity index (χ0v) is 16.6. The van der Waals surface area contributed by atoms with Crippen molar-refractivity contribution in [3.05, 3.63) is 29.8 Å². The predicted molar refractivity (Wildman–Crippen MR) is 105 cm³/mol. The molecule has 1 saturated heterocycles. The lowest BCUT2D eigenvalue weighted by atomic mass is 10.2. The number of urea groups is 1. The van der Waals surface area contributed by atoms with Crippen molar-refractivity contribution in [2.75, 3.05) is 13.2 Å². The first-order chi connectivity index (χ1) is 14.0. The number of nitrogens with one attached hydrogen (secondary N) is 2. The summed E-state index contributed by atoms with van der Waals surface area (Å²) in [6.45, 7) is 2.67. The molecular formula is C21H28N2O6. The quantitative estimate of drug-likeness (QED) is 0.677. The van der Waals surface area contributed by atoms with Crippen LogP contribution in [-0.4, -0.2) is 49.4 Å². The van der Waals surface area contributed by atoms with E-state index in [0.29, 0.717) is 17.9 Å². The van der Waals surface area contributed by atoms with Gasteiger partial charge in [-0.15, -0.1) is 0 Å². The van der Waals surface area contributed by atoms with Crippen molar-refractivity contribution in [3.63, 3.8) is 0 Å². The number of amides is 3. The first-order valence-electron chi connectivity index (χ1n) is 10.2. The number of hydrogen-bond acceptors (Lipinski definition) is 6. The number of esters is 1. The molecule has 2 N–H and O–H groups in total. The third-order valence-electron chi connectivity index (χ3n) is 5.13. The molecule has 1 aliphatic heterocycles. The molecule has 1 aliphatic carbocycles. The van der Waals surface area contributed by atoms with E-state index in [-0.39, 0.29) is 12.1 Å². The summed E-state index contributed by atoms with van der Waals surface area (Å²) in [6, 6.07) is 6.03. The summed E-state index contributed by atoms with van der Waals surface area (Å²) in [4.78, 5) is 36.2. The second kappa shape index (κ2) is 10.2. The number of carbonyl (C=O) groups excluding carboxylic acids is 3. The van der Waals surface area contributed by atoms with E-state index in [0.717, 1.165) is 45.1 Å². The van der Waals surface area contributed by atoms with Crippen LogP contribution in [-0.2, 0) is 14.3 Å². The highest BCUT2D eigenvalue weighted by molar-refractivity contribution is 5.98. The Kier molecular flexibility index (Phi) is 7.46. The molecule has 0 bridgehead atoms. The highest BCUT2D eigenvalue weighted by Gasteiger charge is 2.23. The molecule has 0 spiro atoms. The highest BCUT2D eigenvalue weighted by Crippen LogP contribution is 2.18. The van der Waals surface area contributed by atoms with Crippen molar-refractivity contribution in [3.8, 4) is 5.75 Å². The smallest absolute Gasteiger partial charge is 0.338 e. The molecule has 3 rings (SSSR count). The molecule has 2 fully saturated rings. The molecule has 2 atom stereocenters. The van der Waals surface area contributed by atoms with E-state index in [1.165, 1.54) is 6.92 Å². The van der Waals surface area contributed by atoms with Crippen LogP contribution in [0.25, 0.3) is 0 Å². The molecule has 8 nitrogen and oxygen atoms in total. The van der Waals surface area contributed by atoms with E-state index in [9.17, 15) is 14.4 Å². The third kappa shape index (κ3) is 6.45. The zero-order valence-electron chi connectivity index (χ0n) is 16.6. The Morgan fingerprint density at radius 1 is 1.10 bits per heavy atom. The second-order valence-corrected chi connectivity index (χ2v) is 7.46. The molecule has 0 radical (unpaired) electrons. The first kappa shape index (κ1) is 21.1. The molecule has 8 heteroatoms. The molecule has 3 amide bonds. The van der Waals surface area contributed by atoms with Gasteiger partial charge in [-0.3, -0.25) is 10.1 Å². The summed E-state index contributed by atoms with van der Waals surface area (Å²) in [5.41, 5.74) is 0.296. The average molecular weight is 404 g/mol. The molecule has 1 aromatic carbocycles. The first-order valence-corrected chi connectivity index (χ1v) is 10.2. The van der Waals surface area contributed by atoms with Crippen LogP contribution in [0.15, 0.2) is 24.3 Å². The topological polar surface area (TPSA) is 103 Å². The molecular weight excluding hydrogens is 376 g/mol. The second-order valence-electron chi connectivity index (χ2n) is 7.46. The fourth-order valence-corrected chi connectivity index (χ4v) is 3.44. The Labute approximate surface area is 170 Å². The Balaban J connectivity index is 1.41. The maximum absolute atomic E-state index is 12.2. The lowest BCUT2D eigenvalue weighted by molar-refractivity contribution is -0.127. The van der Waals surface area contributed by atoms with Crippen molar-refractivity contribution in [1.29, 1.82) is 0 Å². The number of rotatable bonds is 7. The largest absolute Gasteiger partial charge is 0.491 e. The Morgan fingerprint density at radius 3 is 2.48 bits per heavy atom. The van der Waals surface area contributed by atoms with Crippen LogP contribution in [0, 0.1) is 0 Å². The van der Waals surface area contributed by atoms with Gasteiger partial charge < -0.3 is 19.5 Å². The molecule has 2 unspecified atom stereocenters. The van der Waals surface area contributed by atoms with Crippen molar-refractivity contribution in [2.45, 2.75) is 63.7 Å². The van der Waals surface area contributed by atoms with Crippen LogP contribution in [0.3, 0.4) is 0 Å². The minimum absolute atomic E-state index is 0.0987. The molecule has 1 heterocycles. The summed E-state index contributed by atoms with van der Waals surface area (Å²) in [6.07, 6.45) is 5.04. The lowest BCUT2D eigenvalue weighted by Gasteiger charge is -2.16. The van der Waals surface area contributed by atoms with E-state index in [1.54, 1.807) is 24.3 Å². The summed E-state index contributed by atoms with van der Waals surface area (Å²) in [5.74, 6) is -0.675. The monoisotopic (exact) mass is 404 g/mol. The van der Waals surface area contributed by atoms with Gasteiger partial charge in [-0.25, -0.2) is 9.59 Å². The van der Waals surface area contributed by atoms with E-state index in [4.69, 9.17) is 14.2 Å². The number of carbonyl (C=O) groups is 3. The van der Waals surface area contributed by atoms with Gasteiger partial charge in [-0.05, 0) is 56.9 Å². The maximum Gasteiger partial charge on any atom is 0.338 e. The predicted octanol–water partition coefficient (Wildman–Crippen LogP) is 2.56. The lowest BCUT2D eigenvalue weighted by Crippen LogP contribution is -2.47. The Bertz CT molecular complexity index is 708. The van der Waals surface area contributed by atoms with E-state index in [1.807, 2.05) is 0 Å². The maximum atomic E-state index is 12.2. The highest BCUT2D eigenvalue weighted by atomic mass is 16.5. The molecule has 1 aromatic rings. The van der Waals surface area contributed by atoms with Crippen LogP contribution in [0.2, 0.25) is 0 Å². The summed E-state index contributed by atoms with van der Waals surface area (Å²) < 4.78 is 16.3. The van der Waals surface area contributed by atoms with E-state index in [2.05, 4.69) is 10.6 Å². The molecule has 29 heavy (non-hydrogen) atoms. The van der Waals surface area contributed by atoms with Crippen molar-refractivity contribution in [2.24, 2.45) is 0 Å². The van der Waals surface area contributed by atoms with Crippen LogP contribution in [0.1, 0.15) is 55.8 Å². The van der Waals surface area contributed by atoms with Gasteiger partial charge in [0.05, 0.1) is 11.7 Å². The SMILES string of the molecule is CC(OC(=O)c1ccc(OCC2CCCO2)cc1)C(=O)NC(=O)NC1CCCC1. The third-order valence-corrected chi connectivity index (χ3v) is 5.13. The fourth-order valence-electron chi connectivity index (χ4n) is 3.44. The van der Waals surface area contributed by atoms with Crippen LogP contribution in [0.5, 0.6) is 5.75 Å². The van der Waals surface area contributed by atoms with Gasteiger partial charge in [0, 0.05) is 12.6 Å². The number of benzene rings is 1. The zero-order chi connectivity index (χ0) is 20.6. The minimum atomic E-state index is -1.09. The fraction of sp³-hybridized carbons (Fsp3) is 0.571. The minimum Gasteiger partial charge on any atom is -0.491 e. The van der Waals surface area contributed by atoms with Gasteiger partial charge in [0.1, 0.15) is 12.4 Å². The van der Waals surface area contributed by atoms with E-state index >= 15 is 0 Å². The van der Waals surface area contributed by atoms with Gasteiger partial charge in [0.2, 0.25) is 0 Å². The summed E-state index contributed by atoms with van der Waals surface area (Å²) >= 11 is 0. The molecule has 1 saturated carbocycles. The standard InChI is InChI=1S/C21H28N2O6/c1-14(19(24)23-21(26)22-16-5-2-3-6-16)29-20(25)15-8-10-17(11-9-15)28-13-18-7-4-12-27-18/h8-11,14,16,18H,2-7,12-13H2,1H3,(H2,22,23,24,26).